The zero-order valence-corrected chi connectivity index (χ0v) is 18.9. The standard InChI is InChI=1S/C24H26FN5O4/c1-27-16(3-2-4-22(27)32)14-28-7-9-29(10-8-28)20-11-15-13-30(24(34)17(15)12-18(20)25)19-5-6-21(31)26-23(19)33/h2-4,11-12,19H,5-10,13-14H2,1H3,(H,26,31,33). The van der Waals surface area contributed by atoms with Gasteiger partial charge in [-0.25, -0.2) is 4.39 Å². The number of hydrogen-bond acceptors (Lipinski definition) is 6. The number of halogens is 1. The van der Waals surface area contributed by atoms with E-state index in [1.54, 1.807) is 23.7 Å². The maximum absolute atomic E-state index is 15.1. The van der Waals surface area contributed by atoms with Crippen molar-refractivity contribution in [2.24, 2.45) is 7.05 Å². The van der Waals surface area contributed by atoms with Crippen LogP contribution in [0, 0.1) is 5.82 Å². The zero-order valence-electron chi connectivity index (χ0n) is 18.9. The van der Waals surface area contributed by atoms with Crippen molar-refractivity contribution in [3.63, 3.8) is 0 Å². The molecule has 0 spiro atoms. The molecule has 4 heterocycles. The number of benzene rings is 1. The number of piperazine rings is 1. The number of nitrogens with one attached hydrogen (secondary N) is 1. The lowest BCUT2D eigenvalue weighted by atomic mass is 10.0. The Hall–Kier alpha value is -3.53. The first-order chi connectivity index (χ1) is 16.3. The average Bonchev–Trinajstić information content (AvgIpc) is 3.12. The van der Waals surface area contributed by atoms with Crippen molar-refractivity contribution in [1.29, 1.82) is 0 Å². The predicted molar refractivity (Wildman–Crippen MR) is 122 cm³/mol. The van der Waals surface area contributed by atoms with Crippen molar-refractivity contribution in [3.8, 4) is 0 Å². The van der Waals surface area contributed by atoms with E-state index in [9.17, 15) is 19.2 Å². The number of carbonyl (C=O) groups is 3. The van der Waals surface area contributed by atoms with Gasteiger partial charge in [0, 0.05) is 70.1 Å². The maximum atomic E-state index is 15.1. The van der Waals surface area contributed by atoms with Crippen LogP contribution in [0.2, 0.25) is 0 Å². The van der Waals surface area contributed by atoms with Crippen molar-refractivity contribution in [2.45, 2.75) is 32.0 Å². The molecule has 178 valence electrons. The molecule has 10 heteroatoms. The fourth-order valence-electron chi connectivity index (χ4n) is 4.96. The van der Waals surface area contributed by atoms with Gasteiger partial charge in [-0.3, -0.25) is 29.4 Å². The summed E-state index contributed by atoms with van der Waals surface area (Å²) in [5.74, 6) is -1.66. The van der Waals surface area contributed by atoms with E-state index in [2.05, 4.69) is 10.2 Å². The highest BCUT2D eigenvalue weighted by Gasteiger charge is 2.40. The van der Waals surface area contributed by atoms with Gasteiger partial charge in [0.2, 0.25) is 17.4 Å². The third kappa shape index (κ3) is 3.98. The van der Waals surface area contributed by atoms with E-state index in [4.69, 9.17) is 0 Å². The number of piperidine rings is 1. The molecule has 2 saturated heterocycles. The second-order valence-electron chi connectivity index (χ2n) is 9.04. The van der Waals surface area contributed by atoms with E-state index >= 15 is 4.39 Å². The van der Waals surface area contributed by atoms with Gasteiger partial charge in [-0.15, -0.1) is 0 Å². The average molecular weight is 468 g/mol. The summed E-state index contributed by atoms with van der Waals surface area (Å²) in [4.78, 5) is 54.0. The van der Waals surface area contributed by atoms with Gasteiger partial charge in [0.1, 0.15) is 11.9 Å². The second-order valence-corrected chi connectivity index (χ2v) is 9.04. The fourth-order valence-corrected chi connectivity index (χ4v) is 4.96. The van der Waals surface area contributed by atoms with E-state index in [0.29, 0.717) is 44.0 Å². The normalized spacial score (nSPS) is 21.1. The molecule has 3 amide bonds. The Balaban J connectivity index is 1.28. The molecule has 0 radical (unpaired) electrons. The quantitative estimate of drug-likeness (QED) is 0.663. The first-order valence-corrected chi connectivity index (χ1v) is 11.4. The van der Waals surface area contributed by atoms with Crippen LogP contribution in [-0.4, -0.2) is 64.3 Å². The Morgan fingerprint density at radius 2 is 1.82 bits per heavy atom. The summed E-state index contributed by atoms with van der Waals surface area (Å²) in [5.41, 5.74) is 2.29. The molecule has 1 unspecified atom stereocenters. The van der Waals surface area contributed by atoms with Crippen LogP contribution >= 0.6 is 0 Å². The van der Waals surface area contributed by atoms with E-state index < -0.39 is 17.8 Å². The zero-order chi connectivity index (χ0) is 24.0. The van der Waals surface area contributed by atoms with Gasteiger partial charge in [-0.05, 0) is 30.2 Å². The highest BCUT2D eigenvalue weighted by molar-refractivity contribution is 6.05. The van der Waals surface area contributed by atoms with E-state index in [1.165, 1.54) is 17.0 Å². The summed E-state index contributed by atoms with van der Waals surface area (Å²) >= 11 is 0. The maximum Gasteiger partial charge on any atom is 0.255 e. The molecule has 2 fully saturated rings. The number of nitrogens with zero attached hydrogens (tertiary/aromatic N) is 4. The minimum atomic E-state index is -0.721. The summed E-state index contributed by atoms with van der Waals surface area (Å²) in [7, 11) is 1.76. The Labute approximate surface area is 195 Å². The molecule has 9 nitrogen and oxygen atoms in total. The van der Waals surface area contributed by atoms with Crippen molar-refractivity contribution in [1.82, 2.24) is 19.7 Å². The minimum Gasteiger partial charge on any atom is -0.367 e. The summed E-state index contributed by atoms with van der Waals surface area (Å²) in [6.07, 6.45) is 0.451. The largest absolute Gasteiger partial charge is 0.367 e. The number of rotatable bonds is 4. The van der Waals surface area contributed by atoms with Crippen LogP contribution in [0.15, 0.2) is 35.1 Å². The summed E-state index contributed by atoms with van der Waals surface area (Å²) < 4.78 is 16.7. The number of imide groups is 1. The number of aromatic nitrogens is 1. The lowest BCUT2D eigenvalue weighted by molar-refractivity contribution is -0.136. The number of anilines is 1. The third-order valence-corrected chi connectivity index (χ3v) is 6.98. The van der Waals surface area contributed by atoms with E-state index in [-0.39, 0.29) is 42.3 Å². The number of carbonyl (C=O) groups excluding carboxylic acids is 3. The first kappa shape index (κ1) is 22.3. The lowest BCUT2D eigenvalue weighted by Crippen LogP contribution is -2.52. The van der Waals surface area contributed by atoms with E-state index in [0.717, 1.165) is 5.69 Å². The number of hydrogen-bond donors (Lipinski definition) is 1. The van der Waals surface area contributed by atoms with Crippen molar-refractivity contribution in [3.05, 3.63) is 63.3 Å². The van der Waals surface area contributed by atoms with Gasteiger partial charge in [0.05, 0.1) is 5.69 Å². The molecule has 0 bridgehead atoms. The molecular formula is C24H26FN5O4. The fraction of sp³-hybridized carbons (Fsp3) is 0.417. The summed E-state index contributed by atoms with van der Waals surface area (Å²) in [6, 6.07) is 7.48. The summed E-state index contributed by atoms with van der Waals surface area (Å²) in [5, 5.41) is 2.28. The monoisotopic (exact) mass is 467 g/mol. The Kier molecular flexibility index (Phi) is 5.68. The van der Waals surface area contributed by atoms with Crippen LogP contribution in [0.5, 0.6) is 0 Å². The Bertz CT molecular complexity index is 1230. The molecule has 1 aromatic carbocycles. The van der Waals surface area contributed by atoms with Gasteiger partial charge in [0.15, 0.2) is 0 Å². The first-order valence-electron chi connectivity index (χ1n) is 11.4. The van der Waals surface area contributed by atoms with Crippen LogP contribution in [0.25, 0.3) is 0 Å². The molecule has 1 aromatic heterocycles. The third-order valence-electron chi connectivity index (χ3n) is 6.98. The molecule has 1 N–H and O–H groups in total. The van der Waals surface area contributed by atoms with Crippen LogP contribution in [0.1, 0.15) is 34.5 Å². The second kappa shape index (κ2) is 8.68. The van der Waals surface area contributed by atoms with Crippen molar-refractivity contribution in [2.75, 3.05) is 31.1 Å². The highest BCUT2D eigenvalue weighted by Crippen LogP contribution is 2.33. The van der Waals surface area contributed by atoms with E-state index in [1.807, 2.05) is 11.0 Å². The Morgan fingerprint density at radius 3 is 2.56 bits per heavy atom. The molecule has 34 heavy (non-hydrogen) atoms. The molecular weight excluding hydrogens is 441 g/mol. The number of fused-ring (bicyclic) bond motifs is 1. The van der Waals surface area contributed by atoms with Crippen LogP contribution < -0.4 is 15.8 Å². The van der Waals surface area contributed by atoms with Gasteiger partial charge in [-0.2, -0.15) is 0 Å². The van der Waals surface area contributed by atoms with Gasteiger partial charge < -0.3 is 14.4 Å². The van der Waals surface area contributed by atoms with Crippen LogP contribution in [0.4, 0.5) is 10.1 Å². The predicted octanol–water partition coefficient (Wildman–Crippen LogP) is 0.608. The topological polar surface area (TPSA) is 95.0 Å². The molecule has 5 rings (SSSR count). The minimum absolute atomic E-state index is 0.0442. The molecule has 3 aliphatic heterocycles. The van der Waals surface area contributed by atoms with Gasteiger partial charge in [0.25, 0.3) is 5.91 Å². The smallest absolute Gasteiger partial charge is 0.255 e. The molecule has 2 aromatic rings. The summed E-state index contributed by atoms with van der Waals surface area (Å²) in [6.45, 7) is 3.50. The molecule has 3 aliphatic rings. The molecule has 0 saturated carbocycles. The SMILES string of the molecule is Cn1c(CN2CCN(c3cc4c(cc3F)C(=O)N(C3CCC(=O)NC3=O)C4)CC2)cccc1=O. The molecule has 0 aliphatic carbocycles. The van der Waals surface area contributed by atoms with Crippen LogP contribution in [0.3, 0.4) is 0 Å². The van der Waals surface area contributed by atoms with Crippen molar-refractivity contribution < 1.29 is 18.8 Å². The lowest BCUT2D eigenvalue weighted by Gasteiger charge is -2.36. The Morgan fingerprint density at radius 1 is 1.06 bits per heavy atom. The molecule has 1 atom stereocenters. The highest BCUT2D eigenvalue weighted by atomic mass is 19.1. The van der Waals surface area contributed by atoms with Crippen LogP contribution in [-0.2, 0) is 29.7 Å². The number of pyridine rings is 1. The van der Waals surface area contributed by atoms with Gasteiger partial charge >= 0.3 is 0 Å². The van der Waals surface area contributed by atoms with Crippen molar-refractivity contribution >= 4 is 23.4 Å². The van der Waals surface area contributed by atoms with Gasteiger partial charge in [-0.1, -0.05) is 6.07 Å². The number of amides is 3.